The van der Waals surface area contributed by atoms with Gasteiger partial charge in [-0.25, -0.2) is 4.58 Å². The van der Waals surface area contributed by atoms with Gasteiger partial charge in [-0.2, -0.15) is 0 Å². The van der Waals surface area contributed by atoms with Crippen molar-refractivity contribution in [3.05, 3.63) is 125 Å². The molecule has 0 radical (unpaired) electrons. The molecule has 3 aromatic rings. The Kier molecular flexibility index (Phi) is 8.73. The fourth-order valence-corrected chi connectivity index (χ4v) is 4.18. The Morgan fingerprint density at radius 3 is 1.66 bits per heavy atom. The number of rotatable bonds is 6. The Labute approximate surface area is 216 Å². The zero-order chi connectivity index (χ0) is 24.1. The van der Waals surface area contributed by atoms with Crippen LogP contribution >= 0.6 is 0 Å². The molecule has 4 heteroatoms. The largest absolute Gasteiger partial charge is 1.00 e. The Morgan fingerprint density at radius 1 is 0.657 bits per heavy atom. The molecule has 4 rings (SSSR count). The van der Waals surface area contributed by atoms with Crippen molar-refractivity contribution in [3.8, 4) is 0 Å². The molecule has 35 heavy (non-hydrogen) atoms. The Balaban J connectivity index is 0.00000342. The van der Waals surface area contributed by atoms with Crippen LogP contribution in [0, 0.1) is 0 Å². The first kappa shape index (κ1) is 26.1. The van der Waals surface area contributed by atoms with Gasteiger partial charge in [-0.15, -0.1) is 0 Å². The van der Waals surface area contributed by atoms with Crippen LogP contribution < -0.4 is 22.2 Å². The van der Waals surface area contributed by atoms with Crippen molar-refractivity contribution in [3.63, 3.8) is 0 Å². The number of nitrogens with zero attached hydrogens (tertiary/aromatic N) is 3. The van der Waals surface area contributed by atoms with Crippen LogP contribution in [0.3, 0.4) is 0 Å². The molecule has 1 aliphatic carbocycles. The molecule has 0 fully saturated rings. The van der Waals surface area contributed by atoms with Crippen LogP contribution in [-0.4, -0.2) is 45.5 Å². The SMILES string of the molecule is CN(C)c1ccc(C(=C2C=CC(=[N+](C)C)C=C2)c2ccc(N(C)Cc3ccccc3)cc2)cc1.[Cl-]. The number of anilines is 2. The molecule has 0 saturated heterocycles. The first-order chi connectivity index (χ1) is 16.4. The average molecular weight is 484 g/mol. The molecular formula is C31H34ClN3. The summed E-state index contributed by atoms with van der Waals surface area (Å²) in [5.41, 5.74) is 9.80. The van der Waals surface area contributed by atoms with Crippen LogP contribution in [0.15, 0.2) is 109 Å². The van der Waals surface area contributed by atoms with Gasteiger partial charge in [-0.3, -0.25) is 0 Å². The minimum atomic E-state index is 0. The number of hydrogen-bond donors (Lipinski definition) is 0. The predicted octanol–water partition coefficient (Wildman–Crippen LogP) is 3.03. The molecule has 0 saturated carbocycles. The lowest BCUT2D eigenvalue weighted by Gasteiger charge is -2.21. The second-order valence-corrected chi connectivity index (χ2v) is 9.15. The summed E-state index contributed by atoms with van der Waals surface area (Å²) in [5, 5.41) is 0. The van der Waals surface area contributed by atoms with E-state index in [1.807, 2.05) is 0 Å². The number of allylic oxidation sites excluding steroid dienone is 5. The molecule has 0 aliphatic heterocycles. The molecular weight excluding hydrogens is 450 g/mol. The average Bonchev–Trinajstić information content (AvgIpc) is 2.86. The maximum atomic E-state index is 2.29. The molecule has 3 aromatic carbocycles. The van der Waals surface area contributed by atoms with E-state index in [4.69, 9.17) is 0 Å². The van der Waals surface area contributed by atoms with E-state index in [0.29, 0.717) is 0 Å². The number of benzene rings is 3. The summed E-state index contributed by atoms with van der Waals surface area (Å²) in [6.45, 7) is 0.884. The normalized spacial score (nSPS) is 12.3. The predicted molar refractivity (Wildman–Crippen MR) is 147 cm³/mol. The van der Waals surface area contributed by atoms with Gasteiger partial charge in [0.2, 0.25) is 0 Å². The summed E-state index contributed by atoms with van der Waals surface area (Å²) < 4.78 is 2.13. The van der Waals surface area contributed by atoms with Crippen molar-refractivity contribution in [1.82, 2.24) is 0 Å². The quantitative estimate of drug-likeness (QED) is 0.498. The van der Waals surface area contributed by atoms with Crippen molar-refractivity contribution in [2.24, 2.45) is 0 Å². The van der Waals surface area contributed by atoms with Crippen LogP contribution in [-0.2, 0) is 6.54 Å². The molecule has 1 aliphatic rings. The van der Waals surface area contributed by atoms with Crippen molar-refractivity contribution < 1.29 is 17.0 Å². The van der Waals surface area contributed by atoms with E-state index in [1.165, 1.54) is 44.9 Å². The highest BCUT2D eigenvalue weighted by Gasteiger charge is 2.14. The maximum absolute atomic E-state index is 2.29. The highest BCUT2D eigenvalue weighted by molar-refractivity contribution is 6.04. The smallest absolute Gasteiger partial charge is 0.199 e. The molecule has 0 spiro atoms. The summed E-state index contributed by atoms with van der Waals surface area (Å²) >= 11 is 0. The van der Waals surface area contributed by atoms with Gasteiger partial charge < -0.3 is 22.2 Å². The summed E-state index contributed by atoms with van der Waals surface area (Å²) in [5.74, 6) is 0. The molecule has 180 valence electrons. The topological polar surface area (TPSA) is 9.49 Å². The lowest BCUT2D eigenvalue weighted by Crippen LogP contribution is -3.00. The zero-order valence-electron chi connectivity index (χ0n) is 21.2. The van der Waals surface area contributed by atoms with E-state index >= 15 is 0 Å². The summed E-state index contributed by atoms with van der Waals surface area (Å²) in [4.78, 5) is 4.42. The van der Waals surface area contributed by atoms with Crippen molar-refractivity contribution in [2.75, 3.05) is 45.0 Å². The Hall–Kier alpha value is -3.56. The number of halogens is 1. The third kappa shape index (κ3) is 6.32. The second kappa shape index (κ2) is 11.7. The fourth-order valence-electron chi connectivity index (χ4n) is 4.18. The highest BCUT2D eigenvalue weighted by atomic mass is 35.5. The minimum Gasteiger partial charge on any atom is -1.00 e. The fraction of sp³-hybridized carbons (Fsp3) is 0.194. The summed E-state index contributed by atoms with van der Waals surface area (Å²) in [6.07, 6.45) is 8.82. The van der Waals surface area contributed by atoms with Crippen molar-refractivity contribution in [2.45, 2.75) is 6.54 Å². The second-order valence-electron chi connectivity index (χ2n) is 9.15. The summed E-state index contributed by atoms with van der Waals surface area (Å²) in [6, 6.07) is 28.3. The van der Waals surface area contributed by atoms with Gasteiger partial charge in [-0.1, -0.05) is 54.6 Å². The Bertz CT molecular complexity index is 1230. The van der Waals surface area contributed by atoms with Crippen LogP contribution in [0.5, 0.6) is 0 Å². The van der Waals surface area contributed by atoms with E-state index in [2.05, 4.69) is 153 Å². The van der Waals surface area contributed by atoms with E-state index in [-0.39, 0.29) is 12.4 Å². The van der Waals surface area contributed by atoms with Crippen LogP contribution in [0.1, 0.15) is 16.7 Å². The lowest BCUT2D eigenvalue weighted by atomic mass is 9.90. The molecule has 0 unspecified atom stereocenters. The third-order valence-corrected chi connectivity index (χ3v) is 6.20. The van der Waals surface area contributed by atoms with Gasteiger partial charge in [0.15, 0.2) is 5.71 Å². The van der Waals surface area contributed by atoms with E-state index in [9.17, 15) is 0 Å². The third-order valence-electron chi connectivity index (χ3n) is 6.20. The molecule has 0 heterocycles. The van der Waals surface area contributed by atoms with Crippen LogP contribution in [0.25, 0.3) is 5.57 Å². The van der Waals surface area contributed by atoms with E-state index in [0.717, 1.165) is 6.54 Å². The molecule has 0 N–H and O–H groups in total. The van der Waals surface area contributed by atoms with Gasteiger partial charge in [0.05, 0.1) is 0 Å². The van der Waals surface area contributed by atoms with Gasteiger partial charge in [0, 0.05) is 51.2 Å². The van der Waals surface area contributed by atoms with Gasteiger partial charge in [-0.05, 0) is 64.3 Å². The first-order valence-electron chi connectivity index (χ1n) is 11.7. The highest BCUT2D eigenvalue weighted by Crippen LogP contribution is 2.32. The van der Waals surface area contributed by atoms with Crippen LogP contribution in [0.2, 0.25) is 0 Å². The maximum Gasteiger partial charge on any atom is 0.199 e. The number of hydrogen-bond acceptors (Lipinski definition) is 2. The van der Waals surface area contributed by atoms with Gasteiger partial charge in [0.25, 0.3) is 0 Å². The molecule has 0 amide bonds. The molecule has 0 atom stereocenters. The standard InChI is InChI=1S/C31H34N3.ClH/c1-32(2)28-17-11-25(12-18-28)31(26-13-19-29(20-14-26)33(3)4)27-15-21-30(22-16-27)34(5)23-24-9-7-6-8-10-24;/h6-22H,23H2,1-5H3;1H/q+1;/p-1. The molecule has 3 nitrogen and oxygen atoms in total. The van der Waals surface area contributed by atoms with Gasteiger partial charge >= 0.3 is 0 Å². The minimum absolute atomic E-state index is 0. The first-order valence-corrected chi connectivity index (χ1v) is 11.7. The monoisotopic (exact) mass is 483 g/mol. The van der Waals surface area contributed by atoms with Crippen molar-refractivity contribution >= 4 is 22.7 Å². The Morgan fingerprint density at radius 2 is 1.17 bits per heavy atom. The molecule has 0 bridgehead atoms. The van der Waals surface area contributed by atoms with E-state index in [1.54, 1.807) is 0 Å². The van der Waals surface area contributed by atoms with Gasteiger partial charge in [0.1, 0.15) is 14.1 Å². The van der Waals surface area contributed by atoms with Crippen molar-refractivity contribution in [1.29, 1.82) is 0 Å². The zero-order valence-corrected chi connectivity index (χ0v) is 22.0. The van der Waals surface area contributed by atoms with Crippen LogP contribution in [0.4, 0.5) is 11.4 Å². The summed E-state index contributed by atoms with van der Waals surface area (Å²) in [7, 11) is 10.4. The van der Waals surface area contributed by atoms with E-state index < -0.39 is 0 Å². The molecule has 0 aromatic heterocycles. The lowest BCUT2D eigenvalue weighted by molar-refractivity contribution is -0.462.